The normalized spacial score (nSPS) is 13.3. The zero-order valence-corrected chi connectivity index (χ0v) is 10.8. The van der Waals surface area contributed by atoms with Crippen molar-refractivity contribution >= 4 is 0 Å². The van der Waals surface area contributed by atoms with Crippen molar-refractivity contribution in [2.24, 2.45) is 5.92 Å². The molecule has 16 heavy (non-hydrogen) atoms. The summed E-state index contributed by atoms with van der Waals surface area (Å²) in [4.78, 5) is 0. The molecule has 0 bridgehead atoms. The second kappa shape index (κ2) is 6.58. The fourth-order valence-corrected chi connectivity index (χ4v) is 1.62. The first-order chi connectivity index (χ1) is 7.65. The van der Waals surface area contributed by atoms with E-state index in [-0.39, 0.29) is 6.04 Å². The number of tetrazole rings is 1. The molecule has 0 aliphatic carbocycles. The summed E-state index contributed by atoms with van der Waals surface area (Å²) >= 11 is 0. The van der Waals surface area contributed by atoms with Gasteiger partial charge >= 0.3 is 0 Å². The van der Waals surface area contributed by atoms with Crippen LogP contribution in [0.4, 0.5) is 0 Å². The smallest absolute Gasteiger partial charge is 0.167 e. The number of rotatable bonds is 7. The van der Waals surface area contributed by atoms with E-state index in [1.54, 1.807) is 0 Å². The van der Waals surface area contributed by atoms with Crippen LogP contribution in [0.3, 0.4) is 0 Å². The maximum Gasteiger partial charge on any atom is 0.167 e. The molecule has 1 aromatic rings. The van der Waals surface area contributed by atoms with Crippen molar-refractivity contribution in [1.29, 1.82) is 0 Å². The fourth-order valence-electron chi connectivity index (χ4n) is 1.62. The van der Waals surface area contributed by atoms with Gasteiger partial charge in [-0.1, -0.05) is 26.7 Å². The average molecular weight is 225 g/mol. The first-order valence-corrected chi connectivity index (χ1v) is 6.08. The van der Waals surface area contributed by atoms with E-state index in [2.05, 4.69) is 41.6 Å². The Bertz CT molecular complexity index is 294. The average Bonchev–Trinajstić information content (AvgIpc) is 2.71. The lowest BCUT2D eigenvalue weighted by Gasteiger charge is -2.10. The maximum absolute atomic E-state index is 4.04. The minimum absolute atomic E-state index is 0.208. The number of aromatic nitrogens is 4. The summed E-state index contributed by atoms with van der Waals surface area (Å²) in [6.45, 7) is 7.49. The Morgan fingerprint density at radius 2 is 2.00 bits per heavy atom. The molecule has 0 saturated carbocycles. The molecule has 0 aliphatic rings. The molecule has 5 nitrogen and oxygen atoms in total. The van der Waals surface area contributed by atoms with Crippen LogP contribution >= 0.6 is 0 Å². The molecule has 0 aromatic carbocycles. The predicted molar refractivity (Wildman–Crippen MR) is 64.0 cm³/mol. The van der Waals surface area contributed by atoms with Crippen LogP contribution in [-0.2, 0) is 6.54 Å². The molecule has 1 N–H and O–H groups in total. The lowest BCUT2D eigenvalue weighted by molar-refractivity contribution is 0.460. The van der Waals surface area contributed by atoms with Gasteiger partial charge in [0, 0.05) is 6.54 Å². The number of hydrogen-bond acceptors (Lipinski definition) is 4. The van der Waals surface area contributed by atoms with Gasteiger partial charge in [0.1, 0.15) is 0 Å². The molecule has 0 amide bonds. The Hall–Kier alpha value is -0.970. The highest BCUT2D eigenvalue weighted by atomic mass is 15.5. The van der Waals surface area contributed by atoms with E-state index in [0.717, 1.165) is 24.7 Å². The molecule has 0 spiro atoms. The predicted octanol–water partition coefficient (Wildman–Crippen LogP) is 1.78. The van der Waals surface area contributed by atoms with Gasteiger partial charge in [-0.15, -0.1) is 5.10 Å². The molecule has 1 aromatic heterocycles. The molecular weight excluding hydrogens is 202 g/mol. The van der Waals surface area contributed by atoms with E-state index >= 15 is 0 Å². The number of unbranched alkanes of at least 4 members (excludes halogenated alkanes) is 1. The summed E-state index contributed by atoms with van der Waals surface area (Å²) in [5.74, 6) is 1.71. The Labute approximate surface area is 97.6 Å². The van der Waals surface area contributed by atoms with E-state index < -0.39 is 0 Å². The summed E-state index contributed by atoms with van der Waals surface area (Å²) in [6.07, 6.45) is 3.66. The van der Waals surface area contributed by atoms with Crippen molar-refractivity contribution in [2.45, 2.75) is 52.6 Å². The van der Waals surface area contributed by atoms with Crippen molar-refractivity contribution in [1.82, 2.24) is 25.5 Å². The van der Waals surface area contributed by atoms with Gasteiger partial charge in [-0.2, -0.15) is 0 Å². The van der Waals surface area contributed by atoms with Gasteiger partial charge in [0.05, 0.1) is 6.04 Å². The van der Waals surface area contributed by atoms with Gasteiger partial charge in [-0.3, -0.25) is 0 Å². The van der Waals surface area contributed by atoms with Crippen LogP contribution in [0.2, 0.25) is 0 Å². The molecule has 1 atom stereocenters. The fraction of sp³-hybridized carbons (Fsp3) is 0.909. The third-order valence-corrected chi connectivity index (χ3v) is 2.78. The molecule has 1 rings (SSSR count). The Balaban J connectivity index is 2.39. The Morgan fingerprint density at radius 3 is 2.62 bits per heavy atom. The highest BCUT2D eigenvalue weighted by Crippen LogP contribution is 2.10. The highest BCUT2D eigenvalue weighted by molar-refractivity contribution is 4.88. The molecule has 5 heteroatoms. The summed E-state index contributed by atoms with van der Waals surface area (Å²) in [5.41, 5.74) is 0. The number of nitrogens with one attached hydrogen (secondary N) is 1. The zero-order valence-electron chi connectivity index (χ0n) is 10.8. The van der Waals surface area contributed by atoms with Crippen LogP contribution in [0, 0.1) is 5.92 Å². The summed E-state index contributed by atoms with van der Waals surface area (Å²) in [6, 6.07) is 0.208. The second-order valence-electron chi connectivity index (χ2n) is 4.66. The first kappa shape index (κ1) is 13.1. The van der Waals surface area contributed by atoms with Gasteiger partial charge in [0.2, 0.25) is 0 Å². The molecule has 0 aliphatic heterocycles. The van der Waals surface area contributed by atoms with Gasteiger partial charge in [-0.05, 0) is 36.7 Å². The maximum atomic E-state index is 4.04. The molecule has 0 saturated heterocycles. The molecular formula is C11H23N5. The number of aryl methyl sites for hydroxylation is 1. The third-order valence-electron chi connectivity index (χ3n) is 2.78. The SMILES string of the molecule is CNC(C)c1nnnn1CCCCC(C)C. The number of hydrogen-bond donors (Lipinski definition) is 1. The highest BCUT2D eigenvalue weighted by Gasteiger charge is 2.11. The molecule has 92 valence electrons. The summed E-state index contributed by atoms with van der Waals surface area (Å²) in [7, 11) is 1.92. The minimum Gasteiger partial charge on any atom is -0.311 e. The van der Waals surface area contributed by atoms with Crippen LogP contribution in [0.15, 0.2) is 0 Å². The van der Waals surface area contributed by atoms with E-state index in [9.17, 15) is 0 Å². The first-order valence-electron chi connectivity index (χ1n) is 6.08. The molecule has 1 heterocycles. The Morgan fingerprint density at radius 1 is 1.25 bits per heavy atom. The third kappa shape index (κ3) is 3.89. The van der Waals surface area contributed by atoms with E-state index in [4.69, 9.17) is 0 Å². The molecule has 0 fully saturated rings. The zero-order chi connectivity index (χ0) is 12.0. The largest absolute Gasteiger partial charge is 0.311 e. The number of nitrogens with zero attached hydrogens (tertiary/aromatic N) is 4. The van der Waals surface area contributed by atoms with Crippen LogP contribution in [0.1, 0.15) is 51.9 Å². The van der Waals surface area contributed by atoms with Gasteiger partial charge < -0.3 is 5.32 Å². The van der Waals surface area contributed by atoms with Crippen LogP contribution in [-0.4, -0.2) is 27.3 Å². The van der Waals surface area contributed by atoms with Gasteiger partial charge in [-0.25, -0.2) is 4.68 Å². The summed E-state index contributed by atoms with van der Waals surface area (Å²) < 4.78 is 1.90. The van der Waals surface area contributed by atoms with Crippen LogP contribution < -0.4 is 5.32 Å². The topological polar surface area (TPSA) is 55.6 Å². The van der Waals surface area contributed by atoms with Gasteiger partial charge in [0.25, 0.3) is 0 Å². The van der Waals surface area contributed by atoms with Crippen molar-refractivity contribution in [2.75, 3.05) is 7.05 Å². The van der Waals surface area contributed by atoms with Crippen LogP contribution in [0.5, 0.6) is 0 Å². The lowest BCUT2D eigenvalue weighted by atomic mass is 10.1. The lowest BCUT2D eigenvalue weighted by Crippen LogP contribution is -2.18. The second-order valence-corrected chi connectivity index (χ2v) is 4.66. The van der Waals surface area contributed by atoms with Gasteiger partial charge in [0.15, 0.2) is 5.82 Å². The monoisotopic (exact) mass is 225 g/mol. The van der Waals surface area contributed by atoms with E-state index in [1.165, 1.54) is 12.8 Å². The standard InChI is InChI=1S/C11H23N5/c1-9(2)7-5-6-8-16-11(10(3)12-4)13-14-15-16/h9-10,12H,5-8H2,1-4H3. The molecule has 1 unspecified atom stereocenters. The van der Waals surface area contributed by atoms with Crippen molar-refractivity contribution in [3.05, 3.63) is 5.82 Å². The van der Waals surface area contributed by atoms with E-state index in [0.29, 0.717) is 0 Å². The molecule has 0 radical (unpaired) electrons. The van der Waals surface area contributed by atoms with Crippen molar-refractivity contribution < 1.29 is 0 Å². The van der Waals surface area contributed by atoms with Crippen LogP contribution in [0.25, 0.3) is 0 Å². The Kier molecular flexibility index (Phi) is 5.38. The van der Waals surface area contributed by atoms with Crippen molar-refractivity contribution in [3.8, 4) is 0 Å². The quantitative estimate of drug-likeness (QED) is 0.719. The van der Waals surface area contributed by atoms with E-state index in [1.807, 2.05) is 11.7 Å². The van der Waals surface area contributed by atoms with Crippen molar-refractivity contribution in [3.63, 3.8) is 0 Å². The summed E-state index contributed by atoms with van der Waals surface area (Å²) in [5, 5.41) is 14.9. The minimum atomic E-state index is 0.208.